The average Bonchev–Trinajstić information content (AvgIpc) is 2.98. The van der Waals surface area contributed by atoms with Gasteiger partial charge in [0, 0.05) is 69.6 Å². The number of hydrogen-bond donors (Lipinski definition) is 1. The van der Waals surface area contributed by atoms with Crippen molar-refractivity contribution in [2.45, 2.75) is 30.8 Å². The molecule has 2 aromatic carbocycles. The lowest BCUT2D eigenvalue weighted by Gasteiger charge is -2.41. The third-order valence-corrected chi connectivity index (χ3v) is 10.4. The van der Waals surface area contributed by atoms with E-state index in [4.69, 9.17) is 14.9 Å². The maximum absolute atomic E-state index is 13.5. The number of nitrogens with two attached hydrogens (primary N) is 1. The van der Waals surface area contributed by atoms with Crippen LogP contribution in [0.25, 0.3) is 11.0 Å². The lowest BCUT2D eigenvalue weighted by Crippen LogP contribution is -2.53. The van der Waals surface area contributed by atoms with Gasteiger partial charge in [0.1, 0.15) is 5.58 Å². The molecule has 0 saturated carbocycles. The van der Waals surface area contributed by atoms with E-state index in [9.17, 15) is 22.8 Å². The van der Waals surface area contributed by atoms with E-state index in [1.165, 1.54) is 31.1 Å². The van der Waals surface area contributed by atoms with Crippen molar-refractivity contribution in [1.82, 2.24) is 14.1 Å². The Bertz CT molecular complexity index is 1770. The number of primary amides is 1. The summed E-state index contributed by atoms with van der Waals surface area (Å²) in [5.74, 6) is -1.39. The Hall–Kier alpha value is -3.78. The van der Waals surface area contributed by atoms with Crippen molar-refractivity contribution in [3.05, 3.63) is 68.6 Å². The van der Waals surface area contributed by atoms with Crippen molar-refractivity contribution in [2.75, 3.05) is 65.9 Å². The molecule has 1 aromatic heterocycles. The van der Waals surface area contributed by atoms with Gasteiger partial charge >= 0.3 is 5.63 Å². The number of likely N-dealkylation sites (N-methyl/N-ethyl adjacent to an activating group) is 1. The van der Waals surface area contributed by atoms with Gasteiger partial charge in [-0.3, -0.25) is 14.5 Å². The molecule has 0 spiro atoms. The molecule has 2 aliphatic heterocycles. The van der Waals surface area contributed by atoms with Crippen LogP contribution in [0.5, 0.6) is 0 Å². The summed E-state index contributed by atoms with van der Waals surface area (Å²) >= 11 is 0. The molecule has 0 aliphatic carbocycles. The number of amides is 2. The Morgan fingerprint density at radius 3 is 2.53 bits per heavy atom. The van der Waals surface area contributed by atoms with Crippen LogP contribution in [0.3, 0.4) is 0 Å². The second-order valence-corrected chi connectivity index (χ2v) is 13.4. The summed E-state index contributed by atoms with van der Waals surface area (Å²) in [4.78, 5) is 44.5. The van der Waals surface area contributed by atoms with Gasteiger partial charge in [0.25, 0.3) is 5.91 Å². The molecule has 1 saturated heterocycles. The lowest BCUT2D eigenvalue weighted by atomic mass is 9.95. The van der Waals surface area contributed by atoms with E-state index in [-0.39, 0.29) is 28.6 Å². The second-order valence-electron chi connectivity index (χ2n) is 11.3. The van der Waals surface area contributed by atoms with Crippen molar-refractivity contribution in [3.8, 4) is 0 Å². The molecule has 13 heteroatoms. The molecule has 2 N–H and O–H groups in total. The summed E-state index contributed by atoms with van der Waals surface area (Å²) < 4.78 is 38.0. The minimum atomic E-state index is -4.06. The normalized spacial score (nSPS) is 17.9. The van der Waals surface area contributed by atoms with Gasteiger partial charge in [0.2, 0.25) is 15.9 Å². The minimum Gasteiger partial charge on any atom is -0.422 e. The second kappa shape index (κ2) is 11.7. The molecule has 1 fully saturated rings. The molecule has 3 aromatic rings. The molecule has 2 amide bonds. The number of ether oxygens (including phenoxy) is 1. The number of sulfonamides is 1. The molecule has 2 aliphatic rings. The molecule has 5 rings (SSSR count). The predicted octanol–water partition coefficient (Wildman–Crippen LogP) is 1.42. The first-order valence-electron chi connectivity index (χ1n) is 14.0. The minimum absolute atomic E-state index is 0.0116. The fourth-order valence-electron chi connectivity index (χ4n) is 5.96. The van der Waals surface area contributed by atoms with Gasteiger partial charge in [-0.1, -0.05) is 0 Å². The van der Waals surface area contributed by atoms with Gasteiger partial charge in [-0.2, -0.15) is 0 Å². The van der Waals surface area contributed by atoms with Gasteiger partial charge in [-0.05, 0) is 56.3 Å². The van der Waals surface area contributed by atoms with Crippen LogP contribution < -0.4 is 16.3 Å². The Morgan fingerprint density at radius 2 is 1.86 bits per heavy atom. The highest BCUT2D eigenvalue weighted by molar-refractivity contribution is 7.89. The predicted molar refractivity (Wildman–Crippen MR) is 162 cm³/mol. The molecule has 0 radical (unpaired) electrons. The zero-order valence-electron chi connectivity index (χ0n) is 25.0. The molecule has 43 heavy (non-hydrogen) atoms. The van der Waals surface area contributed by atoms with E-state index >= 15 is 0 Å². The van der Waals surface area contributed by atoms with Crippen molar-refractivity contribution < 1.29 is 27.2 Å². The van der Waals surface area contributed by atoms with Crippen molar-refractivity contribution in [2.24, 2.45) is 5.73 Å². The molecular formula is C30H37N5O7S. The fourth-order valence-corrected chi connectivity index (χ4v) is 7.07. The summed E-state index contributed by atoms with van der Waals surface area (Å²) in [5.41, 5.74) is 8.46. The first-order valence-corrected chi connectivity index (χ1v) is 15.5. The quantitative estimate of drug-likeness (QED) is 0.392. The Morgan fingerprint density at radius 1 is 1.12 bits per heavy atom. The first kappa shape index (κ1) is 30.7. The van der Waals surface area contributed by atoms with Gasteiger partial charge < -0.3 is 24.7 Å². The standard InChI is InChI=1S/C30H37N5O7S/c1-18-25(34-13-12-33(4)20(15-34)17-41-5)9-8-22-21-10-11-35(16-24(21)30(38)42-27(18)22)29(37)19-6-7-23(28(31)36)26(14-19)43(39,40)32(2)3/h6-9,14,20H,10-13,15-17H2,1-5H3,(H2,31,36). The van der Waals surface area contributed by atoms with Gasteiger partial charge in [0.05, 0.1) is 35.2 Å². The number of anilines is 1. The first-order chi connectivity index (χ1) is 20.3. The Kier molecular flexibility index (Phi) is 8.36. The summed E-state index contributed by atoms with van der Waals surface area (Å²) in [7, 11) is 2.39. The maximum atomic E-state index is 13.5. The third-order valence-electron chi connectivity index (χ3n) is 8.51. The summed E-state index contributed by atoms with van der Waals surface area (Å²) in [6, 6.07) is 8.08. The van der Waals surface area contributed by atoms with E-state index < -0.39 is 27.5 Å². The molecule has 1 atom stereocenters. The van der Waals surface area contributed by atoms with Crippen LogP contribution in [-0.4, -0.2) is 101 Å². The number of hydrogen-bond acceptors (Lipinski definition) is 9. The zero-order valence-corrected chi connectivity index (χ0v) is 25.9. The molecule has 1 unspecified atom stereocenters. The number of nitrogens with zero attached hydrogens (tertiary/aromatic N) is 4. The number of benzene rings is 2. The van der Waals surface area contributed by atoms with Crippen LogP contribution in [-0.2, 0) is 27.7 Å². The van der Waals surface area contributed by atoms with Crippen molar-refractivity contribution >= 4 is 38.5 Å². The number of carbonyl (C=O) groups excluding carboxylic acids is 2. The van der Waals surface area contributed by atoms with Crippen LogP contribution in [0.2, 0.25) is 0 Å². The third kappa shape index (κ3) is 5.53. The van der Waals surface area contributed by atoms with E-state index in [1.54, 1.807) is 7.11 Å². The zero-order chi connectivity index (χ0) is 31.2. The van der Waals surface area contributed by atoms with Gasteiger partial charge in [-0.15, -0.1) is 0 Å². The molecular weight excluding hydrogens is 574 g/mol. The number of piperazine rings is 1. The van der Waals surface area contributed by atoms with Gasteiger partial charge in [0.15, 0.2) is 0 Å². The number of methoxy groups -OCH3 is 1. The summed E-state index contributed by atoms with van der Waals surface area (Å²) in [6.45, 7) is 5.43. The molecule has 230 valence electrons. The van der Waals surface area contributed by atoms with E-state index in [1.807, 2.05) is 13.0 Å². The number of aryl methyl sites for hydroxylation is 1. The Labute approximate surface area is 250 Å². The number of carbonyl (C=O) groups is 2. The van der Waals surface area contributed by atoms with Crippen LogP contribution in [0, 0.1) is 6.92 Å². The van der Waals surface area contributed by atoms with Crippen LogP contribution in [0.4, 0.5) is 5.69 Å². The lowest BCUT2D eigenvalue weighted by molar-refractivity contribution is 0.0732. The highest BCUT2D eigenvalue weighted by Crippen LogP contribution is 2.34. The molecule has 3 heterocycles. The number of fused-ring (bicyclic) bond motifs is 3. The monoisotopic (exact) mass is 611 g/mol. The van der Waals surface area contributed by atoms with E-state index in [0.29, 0.717) is 30.7 Å². The van der Waals surface area contributed by atoms with Crippen molar-refractivity contribution in [3.63, 3.8) is 0 Å². The topological polar surface area (TPSA) is 147 Å². The van der Waals surface area contributed by atoms with E-state index in [2.05, 4.69) is 22.9 Å². The number of rotatable bonds is 7. The highest BCUT2D eigenvalue weighted by Gasteiger charge is 2.31. The van der Waals surface area contributed by atoms with Gasteiger partial charge in [-0.25, -0.2) is 17.5 Å². The summed E-state index contributed by atoms with van der Waals surface area (Å²) in [6.07, 6.45) is 0.425. The van der Waals surface area contributed by atoms with Crippen LogP contribution in [0.1, 0.15) is 37.4 Å². The maximum Gasteiger partial charge on any atom is 0.341 e. The smallest absolute Gasteiger partial charge is 0.341 e. The van der Waals surface area contributed by atoms with Crippen molar-refractivity contribution in [1.29, 1.82) is 0 Å². The highest BCUT2D eigenvalue weighted by atomic mass is 32.2. The summed E-state index contributed by atoms with van der Waals surface area (Å²) in [5, 5.41) is 0.843. The fraction of sp³-hybridized carbons (Fsp3) is 0.433. The van der Waals surface area contributed by atoms with Crippen LogP contribution in [0.15, 0.2) is 44.4 Å². The largest absolute Gasteiger partial charge is 0.422 e. The van der Waals surface area contributed by atoms with Crippen LogP contribution >= 0.6 is 0 Å². The SMILES string of the molecule is COCC1CN(c2ccc3c4c(c(=O)oc3c2C)CN(C(=O)c2ccc(C(N)=O)c(S(=O)(=O)N(C)C)c2)CC4)CCN1C. The molecule has 0 bridgehead atoms. The Balaban J connectivity index is 1.46. The van der Waals surface area contributed by atoms with E-state index in [0.717, 1.165) is 52.2 Å². The molecule has 12 nitrogen and oxygen atoms in total. The average molecular weight is 612 g/mol.